The van der Waals surface area contributed by atoms with Crippen molar-refractivity contribution in [2.24, 2.45) is 21.6 Å². The van der Waals surface area contributed by atoms with Crippen LogP contribution in [0.3, 0.4) is 0 Å². The SMILES string of the molecule is NC1=NC2=NC=C(CCc3ccc(C=O)cc3)C2C(=O)N1. The number of hydrogen-bond donors (Lipinski definition) is 2. The Morgan fingerprint density at radius 1 is 1.24 bits per heavy atom. The zero-order valence-electron chi connectivity index (χ0n) is 11.2. The number of guanidine groups is 1. The summed E-state index contributed by atoms with van der Waals surface area (Å²) in [4.78, 5) is 30.8. The predicted octanol–water partition coefficient (Wildman–Crippen LogP) is 0.788. The molecule has 1 unspecified atom stereocenters. The van der Waals surface area contributed by atoms with Crippen LogP contribution in [0, 0.1) is 5.92 Å². The molecule has 3 N–H and O–H groups in total. The van der Waals surface area contributed by atoms with E-state index in [-0.39, 0.29) is 11.9 Å². The number of rotatable bonds is 4. The number of amides is 1. The van der Waals surface area contributed by atoms with Gasteiger partial charge in [0, 0.05) is 11.8 Å². The quantitative estimate of drug-likeness (QED) is 0.799. The normalized spacial score (nSPS) is 20.1. The second kappa shape index (κ2) is 5.32. The van der Waals surface area contributed by atoms with Gasteiger partial charge in [-0.25, -0.2) is 4.99 Å². The number of nitrogens with one attached hydrogen (secondary N) is 1. The fraction of sp³-hybridized carbons (Fsp3) is 0.200. The molecule has 1 aromatic rings. The zero-order valence-corrected chi connectivity index (χ0v) is 11.2. The maximum atomic E-state index is 12.0. The van der Waals surface area contributed by atoms with Crippen molar-refractivity contribution in [1.82, 2.24) is 5.32 Å². The third-order valence-corrected chi connectivity index (χ3v) is 3.56. The number of carbonyl (C=O) groups is 2. The minimum atomic E-state index is -0.424. The molecule has 0 aromatic heterocycles. The van der Waals surface area contributed by atoms with Gasteiger partial charge in [-0.1, -0.05) is 24.3 Å². The molecule has 0 bridgehead atoms. The number of hydrogen-bond acceptors (Lipinski definition) is 5. The van der Waals surface area contributed by atoms with Crippen LogP contribution in [-0.2, 0) is 11.2 Å². The van der Waals surface area contributed by atoms with Gasteiger partial charge >= 0.3 is 0 Å². The first-order valence-electron chi connectivity index (χ1n) is 6.63. The standard InChI is InChI=1S/C15H14N4O2/c16-15-18-13-12(14(21)19-15)11(7-17-13)6-5-9-1-3-10(8-20)4-2-9/h1-4,7-8,12H,5-6H2,(H3,16,17,18,19,21). The average molecular weight is 282 g/mol. The summed E-state index contributed by atoms with van der Waals surface area (Å²) in [6.07, 6.45) is 4.00. The minimum Gasteiger partial charge on any atom is -0.369 e. The van der Waals surface area contributed by atoms with E-state index in [2.05, 4.69) is 15.3 Å². The Balaban J connectivity index is 1.67. The van der Waals surface area contributed by atoms with Crippen LogP contribution >= 0.6 is 0 Å². The number of aliphatic imine (C=N–C) groups is 2. The monoisotopic (exact) mass is 282 g/mol. The molecular formula is C15H14N4O2. The molecule has 2 heterocycles. The summed E-state index contributed by atoms with van der Waals surface area (Å²) in [7, 11) is 0. The van der Waals surface area contributed by atoms with Gasteiger partial charge in [0.05, 0.1) is 0 Å². The number of amidine groups is 1. The summed E-state index contributed by atoms with van der Waals surface area (Å²) in [5, 5.41) is 2.52. The van der Waals surface area contributed by atoms with Gasteiger partial charge in [0.2, 0.25) is 11.9 Å². The molecular weight excluding hydrogens is 268 g/mol. The highest BCUT2D eigenvalue weighted by Crippen LogP contribution is 2.27. The molecule has 1 amide bonds. The van der Waals surface area contributed by atoms with Crippen molar-refractivity contribution in [2.45, 2.75) is 12.8 Å². The van der Waals surface area contributed by atoms with Crippen molar-refractivity contribution in [1.29, 1.82) is 0 Å². The first-order chi connectivity index (χ1) is 10.2. The van der Waals surface area contributed by atoms with E-state index in [9.17, 15) is 9.59 Å². The fourth-order valence-corrected chi connectivity index (χ4v) is 2.45. The van der Waals surface area contributed by atoms with Crippen molar-refractivity contribution in [3.63, 3.8) is 0 Å². The number of nitrogens with zero attached hydrogens (tertiary/aromatic N) is 2. The minimum absolute atomic E-state index is 0.0918. The summed E-state index contributed by atoms with van der Waals surface area (Å²) < 4.78 is 0. The Kier molecular flexibility index (Phi) is 3.35. The van der Waals surface area contributed by atoms with Gasteiger partial charge in [-0.05, 0) is 24.0 Å². The maximum Gasteiger partial charge on any atom is 0.241 e. The van der Waals surface area contributed by atoms with Crippen LogP contribution in [0.5, 0.6) is 0 Å². The molecule has 3 rings (SSSR count). The van der Waals surface area contributed by atoms with E-state index >= 15 is 0 Å². The van der Waals surface area contributed by atoms with Crippen LogP contribution in [0.25, 0.3) is 0 Å². The van der Waals surface area contributed by atoms with E-state index in [1.807, 2.05) is 12.1 Å². The highest BCUT2D eigenvalue weighted by Gasteiger charge is 2.34. The Morgan fingerprint density at radius 2 is 2.00 bits per heavy atom. The third-order valence-electron chi connectivity index (χ3n) is 3.56. The lowest BCUT2D eigenvalue weighted by atomic mass is 9.93. The molecule has 0 radical (unpaired) electrons. The van der Waals surface area contributed by atoms with E-state index in [1.54, 1.807) is 18.3 Å². The lowest BCUT2D eigenvalue weighted by Gasteiger charge is -2.19. The van der Waals surface area contributed by atoms with Gasteiger partial charge in [0.25, 0.3) is 0 Å². The van der Waals surface area contributed by atoms with Crippen molar-refractivity contribution in [2.75, 3.05) is 0 Å². The summed E-state index contributed by atoms with van der Waals surface area (Å²) in [5.74, 6) is -0.0514. The van der Waals surface area contributed by atoms with Gasteiger partial charge < -0.3 is 5.73 Å². The van der Waals surface area contributed by atoms with Crippen LogP contribution in [-0.4, -0.2) is 24.0 Å². The molecule has 6 heteroatoms. The van der Waals surface area contributed by atoms with Crippen LogP contribution < -0.4 is 11.1 Å². The first-order valence-corrected chi connectivity index (χ1v) is 6.63. The molecule has 2 aliphatic heterocycles. The van der Waals surface area contributed by atoms with E-state index in [4.69, 9.17) is 5.73 Å². The molecule has 0 fully saturated rings. The second-order valence-corrected chi connectivity index (χ2v) is 4.97. The molecule has 1 aromatic carbocycles. The predicted molar refractivity (Wildman–Crippen MR) is 78.9 cm³/mol. The first kappa shape index (κ1) is 13.2. The second-order valence-electron chi connectivity index (χ2n) is 4.97. The molecule has 6 nitrogen and oxygen atoms in total. The fourth-order valence-electron chi connectivity index (χ4n) is 2.45. The molecule has 106 valence electrons. The largest absolute Gasteiger partial charge is 0.369 e. The van der Waals surface area contributed by atoms with Gasteiger partial charge in [0.15, 0.2) is 0 Å². The Labute approximate surface area is 121 Å². The lowest BCUT2D eigenvalue weighted by Crippen LogP contribution is -2.47. The smallest absolute Gasteiger partial charge is 0.241 e. The summed E-state index contributed by atoms with van der Waals surface area (Å²) >= 11 is 0. The number of aryl methyl sites for hydroxylation is 1. The van der Waals surface area contributed by atoms with Gasteiger partial charge in [-0.2, -0.15) is 4.99 Å². The van der Waals surface area contributed by atoms with E-state index < -0.39 is 5.92 Å². The number of nitrogens with two attached hydrogens (primary N) is 1. The Hall–Kier alpha value is -2.76. The molecule has 0 aliphatic carbocycles. The summed E-state index contributed by atoms with van der Waals surface area (Å²) in [5.41, 5.74) is 8.19. The summed E-state index contributed by atoms with van der Waals surface area (Å²) in [6, 6.07) is 7.40. The van der Waals surface area contributed by atoms with Crippen molar-refractivity contribution < 1.29 is 9.59 Å². The van der Waals surface area contributed by atoms with Crippen LogP contribution in [0.2, 0.25) is 0 Å². The van der Waals surface area contributed by atoms with Crippen molar-refractivity contribution >= 4 is 24.0 Å². The van der Waals surface area contributed by atoms with Crippen LogP contribution in [0.4, 0.5) is 0 Å². The molecule has 0 saturated heterocycles. The number of benzene rings is 1. The molecule has 21 heavy (non-hydrogen) atoms. The van der Waals surface area contributed by atoms with E-state index in [0.29, 0.717) is 17.8 Å². The van der Waals surface area contributed by atoms with Crippen molar-refractivity contribution in [3.05, 3.63) is 47.2 Å². The highest BCUT2D eigenvalue weighted by atomic mass is 16.2. The molecule has 0 saturated carbocycles. The summed E-state index contributed by atoms with van der Waals surface area (Å²) in [6.45, 7) is 0. The van der Waals surface area contributed by atoms with E-state index in [1.165, 1.54) is 0 Å². The Morgan fingerprint density at radius 3 is 2.71 bits per heavy atom. The number of fused-ring (bicyclic) bond motifs is 1. The molecule has 1 atom stereocenters. The van der Waals surface area contributed by atoms with Crippen molar-refractivity contribution in [3.8, 4) is 0 Å². The topological polar surface area (TPSA) is 96.9 Å². The maximum absolute atomic E-state index is 12.0. The van der Waals surface area contributed by atoms with Crippen LogP contribution in [0.15, 0.2) is 46.0 Å². The van der Waals surface area contributed by atoms with Gasteiger partial charge in [0.1, 0.15) is 18.0 Å². The van der Waals surface area contributed by atoms with Gasteiger partial charge in [-0.3, -0.25) is 14.9 Å². The highest BCUT2D eigenvalue weighted by molar-refractivity contribution is 6.19. The van der Waals surface area contributed by atoms with Gasteiger partial charge in [-0.15, -0.1) is 0 Å². The molecule has 2 aliphatic rings. The Bertz CT molecular complexity index is 686. The number of aldehydes is 1. The lowest BCUT2D eigenvalue weighted by molar-refractivity contribution is -0.120. The number of carbonyl (C=O) groups excluding carboxylic acids is 2. The average Bonchev–Trinajstić information content (AvgIpc) is 2.89. The third kappa shape index (κ3) is 2.60. The molecule has 0 spiro atoms. The van der Waals surface area contributed by atoms with E-state index in [0.717, 1.165) is 23.8 Å². The zero-order chi connectivity index (χ0) is 14.8. The van der Waals surface area contributed by atoms with Crippen LogP contribution in [0.1, 0.15) is 22.3 Å².